The highest BCUT2D eigenvalue weighted by Crippen LogP contribution is 2.27. The molecule has 0 heterocycles. The summed E-state index contributed by atoms with van der Waals surface area (Å²) in [6.45, 7) is 6.48. The summed E-state index contributed by atoms with van der Waals surface area (Å²) in [5.41, 5.74) is 1.25. The van der Waals surface area contributed by atoms with Gasteiger partial charge in [0.25, 0.3) is 0 Å². The number of amides is 2. The summed E-state index contributed by atoms with van der Waals surface area (Å²) in [6, 6.07) is 10.2. The maximum absolute atomic E-state index is 13.2. The van der Waals surface area contributed by atoms with Crippen molar-refractivity contribution in [3.8, 4) is 0 Å². The Labute approximate surface area is 187 Å². The van der Waals surface area contributed by atoms with Crippen molar-refractivity contribution in [1.29, 1.82) is 0 Å². The predicted octanol–water partition coefficient (Wildman–Crippen LogP) is 5.25. The molecule has 0 saturated carbocycles. The van der Waals surface area contributed by atoms with Crippen LogP contribution in [0, 0.1) is 11.7 Å². The third kappa shape index (κ3) is 6.71. The average molecular weight is 453 g/mol. The summed E-state index contributed by atoms with van der Waals surface area (Å²) in [6.07, 6.45) is 0.470. The van der Waals surface area contributed by atoms with Crippen LogP contribution in [0.1, 0.15) is 38.3 Å². The quantitative estimate of drug-likeness (QED) is 0.564. The Balaban J connectivity index is 2.33. The van der Waals surface area contributed by atoms with Gasteiger partial charge in [-0.1, -0.05) is 62.2 Å². The van der Waals surface area contributed by atoms with Crippen LogP contribution in [-0.4, -0.2) is 29.3 Å². The Morgan fingerprint density at radius 2 is 1.67 bits per heavy atom. The van der Waals surface area contributed by atoms with Gasteiger partial charge in [-0.15, -0.1) is 0 Å². The van der Waals surface area contributed by atoms with Gasteiger partial charge >= 0.3 is 0 Å². The van der Waals surface area contributed by atoms with E-state index in [4.69, 9.17) is 23.2 Å². The number of halogens is 3. The van der Waals surface area contributed by atoms with Crippen molar-refractivity contribution in [2.24, 2.45) is 5.92 Å². The smallest absolute Gasteiger partial charge is 0.242 e. The van der Waals surface area contributed by atoms with Crippen LogP contribution in [0.2, 0.25) is 10.0 Å². The van der Waals surface area contributed by atoms with Gasteiger partial charge < -0.3 is 10.2 Å². The molecule has 0 saturated heterocycles. The van der Waals surface area contributed by atoms with Crippen LogP contribution < -0.4 is 5.32 Å². The number of nitrogens with zero attached hydrogens (tertiary/aromatic N) is 1. The van der Waals surface area contributed by atoms with E-state index in [0.717, 1.165) is 0 Å². The third-order valence-corrected chi connectivity index (χ3v) is 5.44. The van der Waals surface area contributed by atoms with Gasteiger partial charge in [-0.2, -0.15) is 0 Å². The molecule has 0 aliphatic heterocycles. The highest BCUT2D eigenvalue weighted by molar-refractivity contribution is 6.36. The van der Waals surface area contributed by atoms with Gasteiger partial charge in [-0.3, -0.25) is 9.59 Å². The van der Waals surface area contributed by atoms with Crippen LogP contribution in [-0.2, 0) is 22.6 Å². The number of benzene rings is 2. The first-order chi connectivity index (χ1) is 14.2. The Morgan fingerprint density at radius 1 is 1.07 bits per heavy atom. The van der Waals surface area contributed by atoms with Crippen LogP contribution >= 0.6 is 23.2 Å². The third-order valence-electron chi connectivity index (χ3n) is 4.73. The lowest BCUT2D eigenvalue weighted by atomic mass is 10.1. The highest BCUT2D eigenvalue weighted by atomic mass is 35.5. The lowest BCUT2D eigenvalue weighted by molar-refractivity contribution is -0.141. The fourth-order valence-electron chi connectivity index (χ4n) is 3.07. The summed E-state index contributed by atoms with van der Waals surface area (Å²) in [4.78, 5) is 27.6. The SMILES string of the molecule is CC[C@H](C(=O)NCC(C)C)N(Cc1c(Cl)cccc1Cl)C(=O)Cc1ccc(F)cc1. The van der Waals surface area contributed by atoms with E-state index in [-0.39, 0.29) is 36.5 Å². The minimum Gasteiger partial charge on any atom is -0.354 e. The van der Waals surface area contributed by atoms with E-state index in [1.54, 1.807) is 30.3 Å². The molecule has 2 rings (SSSR count). The number of rotatable bonds is 9. The molecule has 0 aromatic heterocycles. The number of hydrogen-bond acceptors (Lipinski definition) is 2. The zero-order chi connectivity index (χ0) is 22.3. The van der Waals surface area contributed by atoms with Crippen LogP contribution in [0.5, 0.6) is 0 Å². The predicted molar refractivity (Wildman–Crippen MR) is 119 cm³/mol. The Hall–Kier alpha value is -2.11. The molecule has 2 aromatic rings. The summed E-state index contributed by atoms with van der Waals surface area (Å²) in [5.74, 6) is -0.566. The average Bonchev–Trinajstić information content (AvgIpc) is 2.70. The molecule has 162 valence electrons. The van der Waals surface area contributed by atoms with Gasteiger partial charge in [0.1, 0.15) is 11.9 Å². The van der Waals surface area contributed by atoms with Crippen molar-refractivity contribution in [3.63, 3.8) is 0 Å². The van der Waals surface area contributed by atoms with Crippen molar-refractivity contribution >= 4 is 35.0 Å². The molecule has 0 aliphatic rings. The Bertz CT molecular complexity index is 852. The van der Waals surface area contributed by atoms with E-state index in [9.17, 15) is 14.0 Å². The molecule has 1 N–H and O–H groups in total. The van der Waals surface area contributed by atoms with Crippen LogP contribution in [0.3, 0.4) is 0 Å². The number of hydrogen-bond donors (Lipinski definition) is 1. The van der Waals surface area contributed by atoms with E-state index in [1.165, 1.54) is 17.0 Å². The number of nitrogens with one attached hydrogen (secondary N) is 1. The summed E-state index contributed by atoms with van der Waals surface area (Å²) in [5, 5.41) is 3.77. The molecule has 0 fully saturated rings. The highest BCUT2D eigenvalue weighted by Gasteiger charge is 2.29. The number of carbonyl (C=O) groups excluding carboxylic acids is 2. The first-order valence-electron chi connectivity index (χ1n) is 9.97. The second-order valence-corrected chi connectivity index (χ2v) is 8.40. The molecule has 1 atom stereocenters. The zero-order valence-electron chi connectivity index (χ0n) is 17.4. The van der Waals surface area contributed by atoms with E-state index in [2.05, 4.69) is 5.32 Å². The van der Waals surface area contributed by atoms with Gasteiger partial charge in [-0.25, -0.2) is 4.39 Å². The van der Waals surface area contributed by atoms with Crippen LogP contribution in [0.4, 0.5) is 4.39 Å². The summed E-state index contributed by atoms with van der Waals surface area (Å²) < 4.78 is 13.2. The molecule has 0 bridgehead atoms. The van der Waals surface area contributed by atoms with Gasteiger partial charge in [-0.05, 0) is 42.2 Å². The van der Waals surface area contributed by atoms with Crippen LogP contribution in [0.15, 0.2) is 42.5 Å². The second kappa shape index (κ2) is 11.3. The van der Waals surface area contributed by atoms with Gasteiger partial charge in [0.05, 0.1) is 6.42 Å². The lowest BCUT2D eigenvalue weighted by Gasteiger charge is -2.31. The Morgan fingerprint density at radius 3 is 2.20 bits per heavy atom. The van der Waals surface area contributed by atoms with Crippen molar-refractivity contribution in [1.82, 2.24) is 10.2 Å². The maximum atomic E-state index is 13.2. The molecule has 0 aliphatic carbocycles. The zero-order valence-corrected chi connectivity index (χ0v) is 18.9. The largest absolute Gasteiger partial charge is 0.354 e. The molecule has 7 heteroatoms. The molecular formula is C23H27Cl2FN2O2. The fraction of sp³-hybridized carbons (Fsp3) is 0.391. The summed E-state index contributed by atoms with van der Waals surface area (Å²) in [7, 11) is 0. The van der Waals surface area contributed by atoms with Gasteiger partial charge in [0.15, 0.2) is 0 Å². The second-order valence-electron chi connectivity index (χ2n) is 7.59. The molecule has 0 spiro atoms. The van der Waals surface area contributed by atoms with Gasteiger partial charge in [0, 0.05) is 28.7 Å². The molecular weight excluding hydrogens is 426 g/mol. The van der Waals surface area contributed by atoms with Crippen LogP contribution in [0.25, 0.3) is 0 Å². The van der Waals surface area contributed by atoms with E-state index in [1.807, 2.05) is 20.8 Å². The maximum Gasteiger partial charge on any atom is 0.242 e. The van der Waals surface area contributed by atoms with Crippen molar-refractivity contribution in [2.45, 2.75) is 46.2 Å². The molecule has 30 heavy (non-hydrogen) atoms. The number of carbonyl (C=O) groups is 2. The minimum atomic E-state index is -0.677. The van der Waals surface area contributed by atoms with E-state index < -0.39 is 6.04 Å². The normalized spacial score (nSPS) is 12.0. The van der Waals surface area contributed by atoms with E-state index >= 15 is 0 Å². The standard InChI is InChI=1S/C23H27Cl2FN2O2/c1-4-21(23(30)27-13-15(2)3)28(14-18-19(24)6-5-7-20(18)25)22(29)12-16-8-10-17(26)11-9-16/h5-11,15,21H,4,12-14H2,1-3H3,(H,27,30)/t21-/m1/s1. The van der Waals surface area contributed by atoms with Crippen molar-refractivity contribution in [2.75, 3.05) is 6.54 Å². The molecule has 2 amide bonds. The van der Waals surface area contributed by atoms with Crippen molar-refractivity contribution in [3.05, 3.63) is 69.5 Å². The molecule has 4 nitrogen and oxygen atoms in total. The molecule has 0 unspecified atom stereocenters. The van der Waals surface area contributed by atoms with Crippen molar-refractivity contribution < 1.29 is 14.0 Å². The minimum absolute atomic E-state index is 0.0380. The monoisotopic (exact) mass is 452 g/mol. The topological polar surface area (TPSA) is 49.4 Å². The first kappa shape index (κ1) is 24.2. The molecule has 2 aromatic carbocycles. The lowest BCUT2D eigenvalue weighted by Crippen LogP contribution is -2.50. The van der Waals surface area contributed by atoms with E-state index in [0.29, 0.717) is 34.1 Å². The Kier molecular flexibility index (Phi) is 9.12. The van der Waals surface area contributed by atoms with Gasteiger partial charge in [0.2, 0.25) is 11.8 Å². The fourth-order valence-corrected chi connectivity index (χ4v) is 3.59. The molecule has 0 radical (unpaired) electrons. The first-order valence-corrected chi connectivity index (χ1v) is 10.7. The summed E-state index contributed by atoms with van der Waals surface area (Å²) >= 11 is 12.6.